The molecular weight excluding hydrogens is 276 g/mol. The van der Waals surface area contributed by atoms with Crippen LogP contribution in [0.15, 0.2) is 22.7 Å². The summed E-state index contributed by atoms with van der Waals surface area (Å²) in [6.07, 6.45) is 0. The van der Waals surface area contributed by atoms with Gasteiger partial charge in [0.05, 0.1) is 12.7 Å². The van der Waals surface area contributed by atoms with Crippen LogP contribution in [-0.4, -0.2) is 25.5 Å². The summed E-state index contributed by atoms with van der Waals surface area (Å²) in [5, 5.41) is 0. The Morgan fingerprint density at radius 1 is 1.56 bits per heavy atom. The molecule has 0 fully saturated rings. The van der Waals surface area contributed by atoms with E-state index in [9.17, 15) is 9.59 Å². The van der Waals surface area contributed by atoms with Crippen LogP contribution in [0.1, 0.15) is 10.4 Å². The van der Waals surface area contributed by atoms with Crippen LogP contribution < -0.4 is 4.74 Å². The lowest BCUT2D eigenvalue weighted by Gasteiger charge is -2.22. The van der Waals surface area contributed by atoms with Crippen molar-refractivity contribution in [3.05, 3.63) is 28.2 Å². The van der Waals surface area contributed by atoms with Crippen molar-refractivity contribution in [1.82, 2.24) is 0 Å². The summed E-state index contributed by atoms with van der Waals surface area (Å²) >= 11 is 3.27. The van der Waals surface area contributed by atoms with Gasteiger partial charge in [-0.1, -0.05) is 15.9 Å². The number of ketones is 1. The SMILES string of the molecule is COC(=O)C1COc2ccc(Br)cc2C1=O. The van der Waals surface area contributed by atoms with E-state index < -0.39 is 11.9 Å². The van der Waals surface area contributed by atoms with Crippen molar-refractivity contribution < 1.29 is 19.1 Å². The summed E-state index contributed by atoms with van der Waals surface area (Å²) in [4.78, 5) is 23.3. The van der Waals surface area contributed by atoms with Crippen LogP contribution in [-0.2, 0) is 9.53 Å². The van der Waals surface area contributed by atoms with Gasteiger partial charge in [0, 0.05) is 4.47 Å². The van der Waals surface area contributed by atoms with Crippen LogP contribution in [0.2, 0.25) is 0 Å². The minimum Gasteiger partial charge on any atom is -0.491 e. The lowest BCUT2D eigenvalue weighted by atomic mass is 9.95. The summed E-state index contributed by atoms with van der Waals surface area (Å²) in [6, 6.07) is 5.13. The molecule has 4 nitrogen and oxygen atoms in total. The minimum atomic E-state index is -0.855. The van der Waals surface area contributed by atoms with E-state index in [2.05, 4.69) is 20.7 Å². The molecule has 1 aromatic carbocycles. The first-order valence-electron chi connectivity index (χ1n) is 4.68. The quantitative estimate of drug-likeness (QED) is 0.583. The number of rotatable bonds is 1. The second-order valence-electron chi connectivity index (χ2n) is 3.39. The van der Waals surface area contributed by atoms with E-state index in [1.54, 1.807) is 18.2 Å². The highest BCUT2D eigenvalue weighted by molar-refractivity contribution is 9.10. The molecule has 16 heavy (non-hydrogen) atoms. The highest BCUT2D eigenvalue weighted by atomic mass is 79.9. The summed E-state index contributed by atoms with van der Waals surface area (Å²) in [6.45, 7) is 0.0418. The zero-order valence-corrected chi connectivity index (χ0v) is 10.1. The molecule has 0 saturated heterocycles. The number of Topliss-reactive ketones (excluding diaryl/α,β-unsaturated/α-hetero) is 1. The van der Waals surface area contributed by atoms with E-state index in [-0.39, 0.29) is 12.4 Å². The minimum absolute atomic E-state index is 0.0418. The van der Waals surface area contributed by atoms with Gasteiger partial charge in [-0.2, -0.15) is 0 Å². The van der Waals surface area contributed by atoms with Crippen molar-refractivity contribution in [2.24, 2.45) is 5.92 Å². The summed E-state index contributed by atoms with van der Waals surface area (Å²) in [7, 11) is 1.26. The van der Waals surface area contributed by atoms with Crippen LogP contribution in [0.3, 0.4) is 0 Å². The van der Waals surface area contributed by atoms with Crippen molar-refractivity contribution in [2.45, 2.75) is 0 Å². The molecule has 0 bridgehead atoms. The van der Waals surface area contributed by atoms with Gasteiger partial charge in [0.25, 0.3) is 0 Å². The number of carbonyl (C=O) groups excluding carboxylic acids is 2. The maximum atomic E-state index is 12.0. The molecule has 1 heterocycles. The molecular formula is C11H9BrO4. The molecule has 84 valence electrons. The van der Waals surface area contributed by atoms with Gasteiger partial charge in [0.2, 0.25) is 0 Å². The average molecular weight is 285 g/mol. The third-order valence-electron chi connectivity index (χ3n) is 2.41. The fourth-order valence-electron chi connectivity index (χ4n) is 1.57. The summed E-state index contributed by atoms with van der Waals surface area (Å²) < 4.78 is 10.7. The van der Waals surface area contributed by atoms with Crippen LogP contribution in [0.25, 0.3) is 0 Å². The second kappa shape index (κ2) is 4.25. The largest absolute Gasteiger partial charge is 0.491 e. The molecule has 1 aliphatic heterocycles. The van der Waals surface area contributed by atoms with E-state index in [0.717, 1.165) is 4.47 Å². The van der Waals surface area contributed by atoms with E-state index in [0.29, 0.717) is 11.3 Å². The number of hydrogen-bond donors (Lipinski definition) is 0. The van der Waals surface area contributed by atoms with Gasteiger partial charge in [0.1, 0.15) is 12.4 Å². The Balaban J connectivity index is 2.38. The van der Waals surface area contributed by atoms with Crippen LogP contribution in [0.4, 0.5) is 0 Å². The Morgan fingerprint density at radius 3 is 3.00 bits per heavy atom. The standard InChI is InChI=1S/C11H9BrO4/c1-15-11(14)8-5-16-9-3-2-6(12)4-7(9)10(8)13/h2-4,8H,5H2,1H3. The Hall–Kier alpha value is -1.36. The van der Waals surface area contributed by atoms with Gasteiger partial charge in [-0.05, 0) is 18.2 Å². The third-order valence-corrected chi connectivity index (χ3v) is 2.91. The smallest absolute Gasteiger partial charge is 0.320 e. The maximum absolute atomic E-state index is 12.0. The van der Waals surface area contributed by atoms with Gasteiger partial charge >= 0.3 is 5.97 Å². The lowest BCUT2D eigenvalue weighted by molar-refractivity contribution is -0.144. The zero-order chi connectivity index (χ0) is 11.7. The molecule has 1 aromatic rings. The highest BCUT2D eigenvalue weighted by Crippen LogP contribution is 2.30. The van der Waals surface area contributed by atoms with Crippen molar-refractivity contribution in [1.29, 1.82) is 0 Å². The molecule has 0 saturated carbocycles. The number of benzene rings is 1. The van der Waals surface area contributed by atoms with E-state index in [1.165, 1.54) is 7.11 Å². The van der Waals surface area contributed by atoms with Crippen LogP contribution in [0.5, 0.6) is 5.75 Å². The normalized spacial score (nSPS) is 18.6. The highest BCUT2D eigenvalue weighted by Gasteiger charge is 2.35. The predicted octanol–water partition coefficient (Wildman–Crippen LogP) is 1.81. The first kappa shape index (κ1) is 11.1. The third kappa shape index (κ3) is 1.82. The molecule has 0 aromatic heterocycles. The summed E-state index contributed by atoms with van der Waals surface area (Å²) in [5.74, 6) is -1.16. The Bertz CT molecular complexity index is 455. The molecule has 0 radical (unpaired) electrons. The lowest BCUT2D eigenvalue weighted by Crippen LogP contribution is -2.34. The van der Waals surface area contributed by atoms with Gasteiger partial charge in [0.15, 0.2) is 11.7 Å². The molecule has 0 aliphatic carbocycles. The van der Waals surface area contributed by atoms with E-state index >= 15 is 0 Å². The topological polar surface area (TPSA) is 52.6 Å². The van der Waals surface area contributed by atoms with Gasteiger partial charge in [-0.3, -0.25) is 9.59 Å². The zero-order valence-electron chi connectivity index (χ0n) is 8.53. The molecule has 5 heteroatoms. The molecule has 1 unspecified atom stereocenters. The molecule has 1 atom stereocenters. The number of carbonyl (C=O) groups is 2. The number of esters is 1. The number of hydrogen-bond acceptors (Lipinski definition) is 4. The fourth-order valence-corrected chi connectivity index (χ4v) is 1.94. The van der Waals surface area contributed by atoms with E-state index in [4.69, 9.17) is 4.74 Å². The van der Waals surface area contributed by atoms with Gasteiger partial charge in [-0.15, -0.1) is 0 Å². The van der Waals surface area contributed by atoms with Crippen LogP contribution >= 0.6 is 15.9 Å². The van der Waals surface area contributed by atoms with Gasteiger partial charge in [-0.25, -0.2) is 0 Å². The van der Waals surface area contributed by atoms with E-state index in [1.807, 2.05) is 0 Å². The predicted molar refractivity (Wildman–Crippen MR) is 59.5 cm³/mol. The average Bonchev–Trinajstić information content (AvgIpc) is 2.29. The summed E-state index contributed by atoms with van der Waals surface area (Å²) in [5.41, 5.74) is 0.413. The molecule has 0 amide bonds. The monoisotopic (exact) mass is 284 g/mol. The number of halogens is 1. The molecule has 1 aliphatic rings. The maximum Gasteiger partial charge on any atom is 0.320 e. The first-order valence-corrected chi connectivity index (χ1v) is 5.47. The fraction of sp³-hybridized carbons (Fsp3) is 0.273. The van der Waals surface area contributed by atoms with Crippen LogP contribution in [0, 0.1) is 5.92 Å². The number of methoxy groups -OCH3 is 1. The van der Waals surface area contributed by atoms with Crippen molar-refractivity contribution in [2.75, 3.05) is 13.7 Å². The molecule has 0 spiro atoms. The Kier molecular flexibility index (Phi) is 2.96. The molecule has 0 N–H and O–H groups in total. The number of fused-ring (bicyclic) bond motifs is 1. The second-order valence-corrected chi connectivity index (χ2v) is 4.31. The van der Waals surface area contributed by atoms with Gasteiger partial charge < -0.3 is 9.47 Å². The molecule has 2 rings (SSSR count). The van der Waals surface area contributed by atoms with Crippen molar-refractivity contribution in [3.8, 4) is 5.75 Å². The first-order chi connectivity index (χ1) is 7.63. The Labute approximate surface area is 101 Å². The number of ether oxygens (including phenoxy) is 2. The Morgan fingerprint density at radius 2 is 2.31 bits per heavy atom. The van der Waals surface area contributed by atoms with Crippen molar-refractivity contribution in [3.63, 3.8) is 0 Å². The van der Waals surface area contributed by atoms with Crippen molar-refractivity contribution >= 4 is 27.7 Å².